The summed E-state index contributed by atoms with van der Waals surface area (Å²) in [6, 6.07) is 2.02. The number of aromatic nitrogens is 2. The lowest BCUT2D eigenvalue weighted by molar-refractivity contribution is 0.638. The minimum atomic E-state index is 0.399. The van der Waals surface area contributed by atoms with Gasteiger partial charge in [0.05, 0.1) is 0 Å². The molecule has 1 aliphatic rings. The summed E-state index contributed by atoms with van der Waals surface area (Å²) >= 11 is 2.00. The number of anilines is 2. The van der Waals surface area contributed by atoms with E-state index in [9.17, 15) is 0 Å². The van der Waals surface area contributed by atoms with Crippen molar-refractivity contribution in [1.29, 1.82) is 0 Å². The molecule has 112 valence electrons. The van der Waals surface area contributed by atoms with Gasteiger partial charge in [0.25, 0.3) is 0 Å². The van der Waals surface area contributed by atoms with Gasteiger partial charge in [-0.1, -0.05) is 19.8 Å². The lowest BCUT2D eigenvalue weighted by atomic mass is 10.1. The molecule has 0 aromatic carbocycles. The van der Waals surface area contributed by atoms with E-state index in [0.29, 0.717) is 4.75 Å². The molecular weight excluding hydrogens is 268 g/mol. The number of aryl methyl sites for hydroxylation is 1. The fraction of sp³-hybridized carbons (Fsp3) is 0.733. The van der Waals surface area contributed by atoms with Crippen LogP contribution in [0.15, 0.2) is 6.07 Å². The van der Waals surface area contributed by atoms with Crippen molar-refractivity contribution >= 4 is 23.4 Å². The Morgan fingerprint density at radius 3 is 2.45 bits per heavy atom. The fourth-order valence-electron chi connectivity index (χ4n) is 2.73. The Morgan fingerprint density at radius 2 is 1.85 bits per heavy atom. The predicted octanol–water partition coefficient (Wildman–Crippen LogP) is 3.69. The van der Waals surface area contributed by atoms with Gasteiger partial charge in [0, 0.05) is 23.9 Å². The van der Waals surface area contributed by atoms with Gasteiger partial charge in [0.1, 0.15) is 17.5 Å². The van der Waals surface area contributed by atoms with Gasteiger partial charge in [0.2, 0.25) is 0 Å². The molecule has 1 aromatic rings. The van der Waals surface area contributed by atoms with E-state index in [1.54, 1.807) is 0 Å². The van der Waals surface area contributed by atoms with E-state index in [-0.39, 0.29) is 0 Å². The zero-order chi connectivity index (χ0) is 14.4. The molecule has 0 atom stereocenters. The molecule has 1 saturated carbocycles. The van der Waals surface area contributed by atoms with Crippen molar-refractivity contribution < 1.29 is 0 Å². The minimum absolute atomic E-state index is 0.399. The first kappa shape index (κ1) is 15.4. The molecule has 0 spiro atoms. The normalized spacial score (nSPS) is 17.1. The van der Waals surface area contributed by atoms with Crippen molar-refractivity contribution in [2.45, 2.75) is 50.7 Å². The lowest BCUT2D eigenvalue weighted by Gasteiger charge is -2.27. The van der Waals surface area contributed by atoms with Gasteiger partial charge in [-0.05, 0) is 32.4 Å². The van der Waals surface area contributed by atoms with Crippen LogP contribution >= 0.6 is 11.8 Å². The molecule has 0 amide bonds. The van der Waals surface area contributed by atoms with E-state index in [1.165, 1.54) is 25.7 Å². The summed E-state index contributed by atoms with van der Waals surface area (Å²) in [5, 5.41) is 6.85. The van der Waals surface area contributed by atoms with Crippen molar-refractivity contribution in [2.24, 2.45) is 0 Å². The van der Waals surface area contributed by atoms with Crippen LogP contribution in [0.3, 0.4) is 0 Å². The van der Waals surface area contributed by atoms with Crippen molar-refractivity contribution in [3.63, 3.8) is 0 Å². The van der Waals surface area contributed by atoms with E-state index >= 15 is 0 Å². The van der Waals surface area contributed by atoms with E-state index in [2.05, 4.69) is 33.8 Å². The van der Waals surface area contributed by atoms with Crippen LogP contribution in [-0.2, 0) is 0 Å². The average Bonchev–Trinajstić information content (AvgIpc) is 2.92. The van der Waals surface area contributed by atoms with Crippen LogP contribution < -0.4 is 10.6 Å². The topological polar surface area (TPSA) is 49.8 Å². The Bertz CT molecular complexity index is 430. The van der Waals surface area contributed by atoms with E-state index in [4.69, 9.17) is 0 Å². The van der Waals surface area contributed by atoms with Crippen molar-refractivity contribution in [1.82, 2.24) is 9.97 Å². The Morgan fingerprint density at radius 1 is 1.20 bits per heavy atom. The second kappa shape index (κ2) is 7.16. The van der Waals surface area contributed by atoms with Gasteiger partial charge < -0.3 is 10.6 Å². The molecular formula is C15H26N4S. The van der Waals surface area contributed by atoms with Crippen LogP contribution in [0.4, 0.5) is 11.6 Å². The second-order valence-corrected chi connectivity index (χ2v) is 6.83. The number of rotatable bonds is 7. The van der Waals surface area contributed by atoms with Crippen molar-refractivity contribution in [3.05, 3.63) is 11.9 Å². The SMILES string of the molecule is CCCNc1cc(NCC2(SC)CCCC2)nc(C)n1. The van der Waals surface area contributed by atoms with Gasteiger partial charge in [-0.25, -0.2) is 9.97 Å². The summed E-state index contributed by atoms with van der Waals surface area (Å²) in [5.41, 5.74) is 0. The van der Waals surface area contributed by atoms with Gasteiger partial charge >= 0.3 is 0 Å². The molecule has 4 nitrogen and oxygen atoms in total. The zero-order valence-corrected chi connectivity index (χ0v) is 13.6. The largest absolute Gasteiger partial charge is 0.370 e. The molecule has 1 fully saturated rings. The third-order valence-electron chi connectivity index (χ3n) is 3.93. The Balaban J connectivity index is 1.99. The molecule has 0 radical (unpaired) electrons. The Kier molecular flexibility index (Phi) is 5.52. The standard InChI is InChI=1S/C15H26N4S/c1-4-9-16-13-10-14(19-12(2)18-13)17-11-15(20-3)7-5-6-8-15/h10H,4-9,11H2,1-3H3,(H2,16,17,18,19). The maximum Gasteiger partial charge on any atom is 0.131 e. The smallest absolute Gasteiger partial charge is 0.131 e. The number of hydrogen-bond donors (Lipinski definition) is 2. The molecule has 20 heavy (non-hydrogen) atoms. The van der Waals surface area contributed by atoms with Crippen molar-refractivity contribution in [3.8, 4) is 0 Å². The van der Waals surface area contributed by atoms with Crippen molar-refractivity contribution in [2.75, 3.05) is 30.0 Å². The summed E-state index contributed by atoms with van der Waals surface area (Å²) in [5.74, 6) is 2.68. The van der Waals surface area contributed by atoms with E-state index in [0.717, 1.165) is 37.0 Å². The molecule has 2 N–H and O–H groups in total. The van der Waals surface area contributed by atoms with E-state index in [1.807, 2.05) is 24.8 Å². The number of nitrogens with zero attached hydrogens (tertiary/aromatic N) is 2. The lowest BCUT2D eigenvalue weighted by Crippen LogP contribution is -2.30. The molecule has 1 aromatic heterocycles. The van der Waals surface area contributed by atoms with Gasteiger partial charge in [-0.15, -0.1) is 0 Å². The highest BCUT2D eigenvalue weighted by Gasteiger charge is 2.32. The first-order valence-electron chi connectivity index (χ1n) is 7.56. The first-order chi connectivity index (χ1) is 9.67. The van der Waals surface area contributed by atoms with Crippen LogP contribution in [0.1, 0.15) is 44.9 Å². The summed E-state index contributed by atoms with van der Waals surface area (Å²) in [4.78, 5) is 8.92. The van der Waals surface area contributed by atoms with Crippen LogP contribution in [0, 0.1) is 6.92 Å². The summed E-state index contributed by atoms with van der Waals surface area (Å²) in [6.45, 7) is 6.05. The summed E-state index contributed by atoms with van der Waals surface area (Å²) in [6.07, 6.45) is 8.66. The summed E-state index contributed by atoms with van der Waals surface area (Å²) in [7, 11) is 0. The third-order valence-corrected chi connectivity index (χ3v) is 5.35. The third kappa shape index (κ3) is 4.01. The highest BCUT2D eigenvalue weighted by molar-refractivity contribution is 8.00. The molecule has 1 heterocycles. The maximum absolute atomic E-state index is 4.50. The molecule has 0 saturated heterocycles. The van der Waals surface area contributed by atoms with Crippen LogP contribution in [0.25, 0.3) is 0 Å². The maximum atomic E-state index is 4.50. The number of nitrogens with one attached hydrogen (secondary N) is 2. The van der Waals surface area contributed by atoms with Gasteiger partial charge in [-0.2, -0.15) is 11.8 Å². The number of hydrogen-bond acceptors (Lipinski definition) is 5. The zero-order valence-electron chi connectivity index (χ0n) is 12.8. The molecule has 0 aliphatic heterocycles. The Hall–Kier alpha value is -0.970. The molecule has 5 heteroatoms. The van der Waals surface area contributed by atoms with Gasteiger partial charge in [-0.3, -0.25) is 0 Å². The fourth-order valence-corrected chi connectivity index (χ4v) is 3.64. The quantitative estimate of drug-likeness (QED) is 0.803. The highest BCUT2D eigenvalue weighted by Crippen LogP contribution is 2.40. The molecule has 0 bridgehead atoms. The summed E-state index contributed by atoms with van der Waals surface area (Å²) < 4.78 is 0.399. The predicted molar refractivity (Wildman–Crippen MR) is 88.8 cm³/mol. The molecule has 2 rings (SSSR count). The molecule has 1 aliphatic carbocycles. The number of thioether (sulfide) groups is 1. The minimum Gasteiger partial charge on any atom is -0.370 e. The second-order valence-electron chi connectivity index (χ2n) is 5.56. The van der Waals surface area contributed by atoms with Gasteiger partial charge in [0.15, 0.2) is 0 Å². The highest BCUT2D eigenvalue weighted by atomic mass is 32.2. The van der Waals surface area contributed by atoms with Crippen LogP contribution in [0.2, 0.25) is 0 Å². The monoisotopic (exact) mass is 294 g/mol. The van der Waals surface area contributed by atoms with Crippen LogP contribution in [-0.4, -0.2) is 34.1 Å². The average molecular weight is 294 g/mol. The van der Waals surface area contributed by atoms with Crippen LogP contribution in [0.5, 0.6) is 0 Å². The molecule has 0 unspecified atom stereocenters. The Labute approximate surface area is 126 Å². The first-order valence-corrected chi connectivity index (χ1v) is 8.78. The van der Waals surface area contributed by atoms with E-state index < -0.39 is 0 Å².